The van der Waals surface area contributed by atoms with E-state index in [1.807, 2.05) is 0 Å². The van der Waals surface area contributed by atoms with Gasteiger partial charge < -0.3 is 5.11 Å². The summed E-state index contributed by atoms with van der Waals surface area (Å²) in [5, 5.41) is 9.36. The zero-order valence-corrected chi connectivity index (χ0v) is 12.3. The first kappa shape index (κ1) is 16.8. The molecule has 1 aliphatic rings. The van der Waals surface area contributed by atoms with Crippen LogP contribution in [0, 0.1) is 5.92 Å². The van der Waals surface area contributed by atoms with Gasteiger partial charge >= 0.3 is 12.1 Å². The van der Waals surface area contributed by atoms with E-state index in [2.05, 4.69) is 0 Å². The van der Waals surface area contributed by atoms with Gasteiger partial charge in [-0.15, -0.1) is 0 Å². The molecule has 1 heterocycles. The lowest BCUT2D eigenvalue weighted by atomic mass is 9.84. The third-order valence-corrected chi connectivity index (χ3v) is 5.68. The van der Waals surface area contributed by atoms with Crippen molar-refractivity contribution in [1.82, 2.24) is 0 Å². The molecule has 0 bridgehead atoms. The van der Waals surface area contributed by atoms with Crippen molar-refractivity contribution in [2.45, 2.75) is 24.9 Å². The molecular formula is C14H15F3O4S. The molecule has 1 fully saturated rings. The molecule has 2 unspecified atom stereocenters. The smallest absolute Gasteiger partial charge is 0.416 e. The number of aliphatic carboxylic acids is 1. The number of hydrogen-bond donors (Lipinski definition) is 1. The lowest BCUT2D eigenvalue weighted by Crippen LogP contribution is -2.32. The average molecular weight is 336 g/mol. The van der Waals surface area contributed by atoms with Crippen LogP contribution in [-0.4, -0.2) is 31.0 Å². The van der Waals surface area contributed by atoms with Crippen LogP contribution in [0.4, 0.5) is 13.2 Å². The molecule has 0 aromatic heterocycles. The first-order valence-electron chi connectivity index (χ1n) is 6.70. The summed E-state index contributed by atoms with van der Waals surface area (Å²) in [6.07, 6.45) is -3.69. The molecule has 122 valence electrons. The van der Waals surface area contributed by atoms with Crippen molar-refractivity contribution in [2.24, 2.45) is 5.92 Å². The molecule has 1 aromatic carbocycles. The fourth-order valence-electron chi connectivity index (χ4n) is 2.82. The summed E-state index contributed by atoms with van der Waals surface area (Å²) >= 11 is 0. The van der Waals surface area contributed by atoms with E-state index in [1.165, 1.54) is 0 Å². The van der Waals surface area contributed by atoms with Gasteiger partial charge in [0.15, 0.2) is 9.84 Å². The van der Waals surface area contributed by atoms with E-state index in [0.717, 1.165) is 24.3 Å². The average Bonchev–Trinajstić information content (AvgIpc) is 2.37. The highest BCUT2D eigenvalue weighted by molar-refractivity contribution is 7.91. The minimum absolute atomic E-state index is 0.0306. The SMILES string of the molecule is O=C(O)C(c1ccc(C(F)(F)F)cc1)C1CCCS(=O)(=O)C1. The normalized spacial score (nSPS) is 23.0. The maximum atomic E-state index is 12.5. The van der Waals surface area contributed by atoms with Crippen LogP contribution in [0.1, 0.15) is 29.9 Å². The highest BCUT2D eigenvalue weighted by Gasteiger charge is 2.36. The fraction of sp³-hybridized carbons (Fsp3) is 0.500. The van der Waals surface area contributed by atoms with Gasteiger partial charge in [-0.05, 0) is 36.5 Å². The van der Waals surface area contributed by atoms with E-state index in [1.54, 1.807) is 0 Å². The van der Waals surface area contributed by atoms with Gasteiger partial charge in [-0.1, -0.05) is 12.1 Å². The Hall–Kier alpha value is -1.57. The van der Waals surface area contributed by atoms with Crippen molar-refractivity contribution < 1.29 is 31.5 Å². The third-order valence-electron chi connectivity index (χ3n) is 3.83. The second-order valence-electron chi connectivity index (χ2n) is 5.45. The summed E-state index contributed by atoms with van der Waals surface area (Å²) in [4.78, 5) is 11.5. The number of carboxylic acid groups (broad SMARTS) is 1. The molecule has 8 heteroatoms. The highest BCUT2D eigenvalue weighted by atomic mass is 32.2. The van der Waals surface area contributed by atoms with Gasteiger partial charge in [-0.25, -0.2) is 8.42 Å². The number of carbonyl (C=O) groups is 1. The van der Waals surface area contributed by atoms with Crippen molar-refractivity contribution in [1.29, 1.82) is 0 Å². The summed E-state index contributed by atoms with van der Waals surface area (Å²) in [5.41, 5.74) is -0.667. The summed E-state index contributed by atoms with van der Waals surface area (Å²) in [6.45, 7) is 0. The van der Waals surface area contributed by atoms with E-state index in [4.69, 9.17) is 0 Å². The predicted octanol–water partition coefficient (Wildman–Crippen LogP) is 2.70. The van der Waals surface area contributed by atoms with Crippen LogP contribution >= 0.6 is 0 Å². The van der Waals surface area contributed by atoms with E-state index in [0.29, 0.717) is 12.8 Å². The molecule has 4 nitrogen and oxygen atoms in total. The van der Waals surface area contributed by atoms with Crippen LogP contribution in [0.2, 0.25) is 0 Å². The Labute approximate surface area is 125 Å². The molecule has 0 amide bonds. The molecule has 1 aromatic rings. The van der Waals surface area contributed by atoms with E-state index in [9.17, 15) is 31.5 Å². The Morgan fingerprint density at radius 1 is 1.23 bits per heavy atom. The Morgan fingerprint density at radius 2 is 1.82 bits per heavy atom. The summed E-state index contributed by atoms with van der Waals surface area (Å²) in [5.74, 6) is -3.17. The second-order valence-corrected chi connectivity index (χ2v) is 7.68. The van der Waals surface area contributed by atoms with Crippen LogP contribution in [0.3, 0.4) is 0 Å². The van der Waals surface area contributed by atoms with Gasteiger partial charge in [0.05, 0.1) is 23.0 Å². The van der Waals surface area contributed by atoms with Crippen LogP contribution in [0.25, 0.3) is 0 Å². The van der Waals surface area contributed by atoms with E-state index < -0.39 is 39.4 Å². The van der Waals surface area contributed by atoms with Crippen LogP contribution in [-0.2, 0) is 20.8 Å². The van der Waals surface area contributed by atoms with Gasteiger partial charge in [0.25, 0.3) is 0 Å². The molecule has 0 spiro atoms. The van der Waals surface area contributed by atoms with E-state index in [-0.39, 0.29) is 17.1 Å². The first-order chi connectivity index (χ1) is 10.1. The highest BCUT2D eigenvalue weighted by Crippen LogP contribution is 2.35. The molecule has 1 saturated heterocycles. The molecule has 1 N–H and O–H groups in total. The van der Waals surface area contributed by atoms with Gasteiger partial charge in [0.1, 0.15) is 0 Å². The standard InChI is InChI=1S/C14H15F3O4S/c15-14(16,17)11-5-3-9(4-6-11)12(13(18)19)10-2-1-7-22(20,21)8-10/h3-6,10,12H,1-2,7-8H2,(H,18,19). The second kappa shape index (κ2) is 5.91. The molecule has 2 atom stereocenters. The maximum absolute atomic E-state index is 12.5. The summed E-state index contributed by atoms with van der Waals surface area (Å²) in [7, 11) is -3.29. The summed E-state index contributed by atoms with van der Waals surface area (Å²) < 4.78 is 60.9. The molecule has 0 aliphatic carbocycles. The van der Waals surface area contributed by atoms with Crippen molar-refractivity contribution in [3.05, 3.63) is 35.4 Å². The topological polar surface area (TPSA) is 71.4 Å². The van der Waals surface area contributed by atoms with E-state index >= 15 is 0 Å². The minimum Gasteiger partial charge on any atom is -0.481 e. The number of carboxylic acids is 1. The zero-order chi connectivity index (χ0) is 16.5. The van der Waals surface area contributed by atoms with Crippen molar-refractivity contribution in [3.8, 4) is 0 Å². The Morgan fingerprint density at radius 3 is 2.27 bits per heavy atom. The number of rotatable bonds is 3. The minimum atomic E-state index is -4.49. The third kappa shape index (κ3) is 3.79. The predicted molar refractivity (Wildman–Crippen MR) is 73.2 cm³/mol. The molecule has 0 radical (unpaired) electrons. The van der Waals surface area contributed by atoms with Crippen molar-refractivity contribution in [2.75, 3.05) is 11.5 Å². The number of halogens is 3. The lowest BCUT2D eigenvalue weighted by molar-refractivity contribution is -0.140. The number of benzene rings is 1. The number of alkyl halides is 3. The van der Waals surface area contributed by atoms with Crippen molar-refractivity contribution >= 4 is 15.8 Å². The number of hydrogen-bond acceptors (Lipinski definition) is 3. The molecule has 22 heavy (non-hydrogen) atoms. The summed E-state index contributed by atoms with van der Waals surface area (Å²) in [6, 6.07) is 3.87. The lowest BCUT2D eigenvalue weighted by Gasteiger charge is -2.27. The molecule has 1 aliphatic heterocycles. The monoisotopic (exact) mass is 336 g/mol. The quantitative estimate of drug-likeness (QED) is 0.921. The zero-order valence-electron chi connectivity index (χ0n) is 11.5. The Balaban J connectivity index is 2.30. The van der Waals surface area contributed by atoms with Gasteiger partial charge in [-0.3, -0.25) is 4.79 Å². The molecule has 0 saturated carbocycles. The van der Waals surface area contributed by atoms with Gasteiger partial charge in [-0.2, -0.15) is 13.2 Å². The fourth-order valence-corrected chi connectivity index (χ4v) is 4.60. The van der Waals surface area contributed by atoms with Crippen LogP contribution in [0.5, 0.6) is 0 Å². The molecular weight excluding hydrogens is 321 g/mol. The Bertz CT molecular complexity index is 650. The van der Waals surface area contributed by atoms with Crippen LogP contribution < -0.4 is 0 Å². The molecule has 2 rings (SSSR count). The Kier molecular flexibility index (Phi) is 4.51. The van der Waals surface area contributed by atoms with Gasteiger partial charge in [0, 0.05) is 0 Å². The van der Waals surface area contributed by atoms with Crippen molar-refractivity contribution in [3.63, 3.8) is 0 Å². The number of sulfone groups is 1. The van der Waals surface area contributed by atoms with Crippen LogP contribution in [0.15, 0.2) is 24.3 Å². The first-order valence-corrected chi connectivity index (χ1v) is 8.53. The maximum Gasteiger partial charge on any atom is 0.416 e. The van der Waals surface area contributed by atoms with Gasteiger partial charge in [0.2, 0.25) is 0 Å². The largest absolute Gasteiger partial charge is 0.481 e.